The summed E-state index contributed by atoms with van der Waals surface area (Å²) in [6.07, 6.45) is 10.3. The van der Waals surface area contributed by atoms with Crippen molar-refractivity contribution >= 4 is 29.2 Å². The maximum atomic E-state index is 6.21. The van der Waals surface area contributed by atoms with Crippen molar-refractivity contribution in [2.45, 2.75) is 50.9 Å². The van der Waals surface area contributed by atoms with Crippen LogP contribution in [-0.4, -0.2) is 27.6 Å². The first-order valence-electron chi connectivity index (χ1n) is 5.99. The van der Waals surface area contributed by atoms with E-state index in [9.17, 15) is 0 Å². The fourth-order valence-electron chi connectivity index (χ4n) is 2.79. The van der Waals surface area contributed by atoms with Crippen LogP contribution in [0.4, 0.5) is 0 Å². The van der Waals surface area contributed by atoms with E-state index in [4.69, 9.17) is 17.0 Å². The maximum absolute atomic E-state index is 6.21. The van der Waals surface area contributed by atoms with Crippen molar-refractivity contribution < 1.29 is 4.74 Å². The van der Waals surface area contributed by atoms with Gasteiger partial charge in [0.25, 0.3) is 0 Å². The van der Waals surface area contributed by atoms with Gasteiger partial charge in [-0.2, -0.15) is 0 Å². The predicted molar refractivity (Wildman–Crippen MR) is 73.8 cm³/mol. The van der Waals surface area contributed by atoms with Crippen molar-refractivity contribution in [3.63, 3.8) is 0 Å². The van der Waals surface area contributed by atoms with Gasteiger partial charge in [-0.25, -0.2) is 0 Å². The van der Waals surface area contributed by atoms with Crippen molar-refractivity contribution in [3.05, 3.63) is 12.2 Å². The number of rotatable bonds is 1. The number of thiol groups is 1. The van der Waals surface area contributed by atoms with Crippen molar-refractivity contribution in [3.8, 4) is 0 Å². The van der Waals surface area contributed by atoms with Crippen molar-refractivity contribution in [1.82, 2.24) is 4.90 Å². The maximum Gasteiger partial charge on any atom is 0.143 e. The third kappa shape index (κ3) is 2.29. The average molecular weight is 257 g/mol. The molecule has 1 atom stereocenters. The topological polar surface area (TPSA) is 12.5 Å². The SMILES string of the molecule is C/C=C\C1CN(C(=S)S)C2(CCCCC2)O1. The lowest BCUT2D eigenvalue weighted by molar-refractivity contribution is -0.0945. The monoisotopic (exact) mass is 257 g/mol. The van der Waals surface area contributed by atoms with Crippen LogP contribution in [0, 0.1) is 0 Å². The Labute approximate surface area is 108 Å². The molecule has 1 aliphatic carbocycles. The quantitative estimate of drug-likeness (QED) is 0.440. The zero-order valence-corrected chi connectivity index (χ0v) is 11.4. The number of thiocarbonyl (C=S) groups is 1. The van der Waals surface area contributed by atoms with E-state index in [0.717, 1.165) is 19.4 Å². The normalized spacial score (nSPS) is 29.1. The summed E-state index contributed by atoms with van der Waals surface area (Å²) in [5, 5.41) is 0. The van der Waals surface area contributed by atoms with E-state index in [-0.39, 0.29) is 11.8 Å². The summed E-state index contributed by atoms with van der Waals surface area (Å²) in [4.78, 5) is 2.18. The van der Waals surface area contributed by atoms with E-state index in [2.05, 4.69) is 23.6 Å². The minimum absolute atomic E-state index is 0.152. The van der Waals surface area contributed by atoms with E-state index in [1.165, 1.54) is 19.3 Å². The lowest BCUT2D eigenvalue weighted by Gasteiger charge is -2.40. The van der Waals surface area contributed by atoms with Gasteiger partial charge in [0.2, 0.25) is 0 Å². The van der Waals surface area contributed by atoms with E-state index in [1.807, 2.05) is 13.0 Å². The van der Waals surface area contributed by atoms with Crippen molar-refractivity contribution in [1.29, 1.82) is 0 Å². The third-order valence-corrected chi connectivity index (χ3v) is 3.96. The second kappa shape index (κ2) is 5.07. The molecule has 1 saturated carbocycles. The minimum Gasteiger partial charge on any atom is -0.346 e. The Hall–Kier alpha value is -0.0600. The number of hydrogen-bond acceptors (Lipinski definition) is 2. The van der Waals surface area contributed by atoms with Crippen LogP contribution in [0.25, 0.3) is 0 Å². The molecule has 0 aromatic heterocycles. The molecule has 1 aliphatic heterocycles. The Bertz CT molecular complexity index is 297. The zero-order valence-electron chi connectivity index (χ0n) is 9.69. The van der Waals surface area contributed by atoms with Gasteiger partial charge in [-0.15, -0.1) is 12.6 Å². The first kappa shape index (κ1) is 12.4. The minimum atomic E-state index is -0.152. The molecule has 4 heteroatoms. The second-order valence-electron chi connectivity index (χ2n) is 4.58. The molecule has 16 heavy (non-hydrogen) atoms. The molecule has 0 radical (unpaired) electrons. The summed E-state index contributed by atoms with van der Waals surface area (Å²) in [6, 6.07) is 0. The molecule has 1 unspecified atom stereocenters. The van der Waals surface area contributed by atoms with Gasteiger partial charge in [-0.3, -0.25) is 0 Å². The summed E-state index contributed by atoms with van der Waals surface area (Å²) < 4.78 is 6.88. The van der Waals surface area contributed by atoms with Gasteiger partial charge in [0.15, 0.2) is 0 Å². The van der Waals surface area contributed by atoms with Crippen LogP contribution in [0.1, 0.15) is 39.0 Å². The van der Waals surface area contributed by atoms with E-state index < -0.39 is 0 Å². The number of nitrogens with zero attached hydrogens (tertiary/aromatic N) is 1. The average Bonchev–Trinajstić information content (AvgIpc) is 2.59. The molecule has 1 heterocycles. The molecule has 0 bridgehead atoms. The highest BCUT2D eigenvalue weighted by atomic mass is 32.1. The van der Waals surface area contributed by atoms with Crippen LogP contribution in [0.2, 0.25) is 0 Å². The Kier molecular flexibility index (Phi) is 3.93. The Morgan fingerprint density at radius 3 is 2.69 bits per heavy atom. The second-order valence-corrected chi connectivity index (χ2v) is 5.69. The molecule has 0 amide bonds. The zero-order chi connectivity index (χ0) is 11.6. The molecule has 1 spiro atoms. The van der Waals surface area contributed by atoms with E-state index in [0.29, 0.717) is 4.32 Å². The Balaban J connectivity index is 2.17. The predicted octanol–water partition coefficient (Wildman–Crippen LogP) is 3.14. The molecule has 2 rings (SSSR count). The first-order chi connectivity index (χ1) is 7.68. The summed E-state index contributed by atoms with van der Waals surface area (Å²) in [5.74, 6) is 0. The highest BCUT2D eigenvalue weighted by Crippen LogP contribution is 2.41. The lowest BCUT2D eigenvalue weighted by atomic mass is 9.91. The molecule has 0 aromatic carbocycles. The van der Waals surface area contributed by atoms with E-state index in [1.54, 1.807) is 0 Å². The number of hydrogen-bond donors (Lipinski definition) is 1. The highest BCUT2D eigenvalue weighted by Gasteiger charge is 2.46. The van der Waals surface area contributed by atoms with E-state index >= 15 is 0 Å². The van der Waals surface area contributed by atoms with Gasteiger partial charge >= 0.3 is 0 Å². The third-order valence-electron chi connectivity index (χ3n) is 3.50. The Morgan fingerprint density at radius 1 is 1.44 bits per heavy atom. The van der Waals surface area contributed by atoms with Gasteiger partial charge in [-0.1, -0.05) is 30.8 Å². The number of ether oxygens (including phenoxy) is 1. The summed E-state index contributed by atoms with van der Waals surface area (Å²) in [5.41, 5.74) is -0.152. The van der Waals surface area contributed by atoms with Crippen LogP contribution >= 0.6 is 24.8 Å². The summed E-state index contributed by atoms with van der Waals surface area (Å²) >= 11 is 9.57. The van der Waals surface area contributed by atoms with Crippen molar-refractivity contribution in [2.24, 2.45) is 0 Å². The molecule has 2 fully saturated rings. The first-order valence-corrected chi connectivity index (χ1v) is 6.85. The van der Waals surface area contributed by atoms with Crippen LogP contribution in [0.5, 0.6) is 0 Å². The van der Waals surface area contributed by atoms with Crippen LogP contribution in [0.3, 0.4) is 0 Å². The molecular formula is C12H19NOS2. The molecule has 0 aromatic rings. The molecule has 0 N–H and O–H groups in total. The van der Waals surface area contributed by atoms with Gasteiger partial charge in [0, 0.05) is 0 Å². The van der Waals surface area contributed by atoms with Gasteiger partial charge in [0.05, 0.1) is 12.6 Å². The summed E-state index contributed by atoms with van der Waals surface area (Å²) in [6.45, 7) is 2.88. The number of allylic oxidation sites excluding steroid dienone is 1. The smallest absolute Gasteiger partial charge is 0.143 e. The van der Waals surface area contributed by atoms with Crippen LogP contribution < -0.4 is 0 Å². The molecule has 2 nitrogen and oxygen atoms in total. The largest absolute Gasteiger partial charge is 0.346 e. The van der Waals surface area contributed by atoms with Crippen LogP contribution in [-0.2, 0) is 4.74 Å². The Morgan fingerprint density at radius 2 is 2.12 bits per heavy atom. The highest BCUT2D eigenvalue weighted by molar-refractivity contribution is 8.10. The fourth-order valence-corrected chi connectivity index (χ4v) is 3.29. The summed E-state index contributed by atoms with van der Waals surface area (Å²) in [7, 11) is 0. The molecule has 90 valence electrons. The molecular weight excluding hydrogens is 238 g/mol. The molecule has 1 saturated heterocycles. The van der Waals surface area contributed by atoms with Crippen molar-refractivity contribution in [2.75, 3.05) is 6.54 Å². The van der Waals surface area contributed by atoms with Crippen LogP contribution in [0.15, 0.2) is 12.2 Å². The van der Waals surface area contributed by atoms with Gasteiger partial charge in [0.1, 0.15) is 10.0 Å². The standard InChI is InChI=1S/C12H19NOS2/c1-2-6-10-9-13(11(15)16)12(14-10)7-4-3-5-8-12/h2,6,10H,3-5,7-9H2,1H3,(H,15,16)/b6-2-. The fraction of sp³-hybridized carbons (Fsp3) is 0.750. The van der Waals surface area contributed by atoms with Gasteiger partial charge < -0.3 is 9.64 Å². The molecule has 2 aliphatic rings. The van der Waals surface area contributed by atoms with Gasteiger partial charge in [-0.05, 0) is 32.6 Å². The lowest BCUT2D eigenvalue weighted by Crippen LogP contribution is -2.47.